The number of hydrogen-bond donors (Lipinski definition) is 2. The molecule has 2 N–H and O–H groups in total. The molecule has 0 amide bonds. The summed E-state index contributed by atoms with van der Waals surface area (Å²) in [5.41, 5.74) is 0.298. The van der Waals surface area contributed by atoms with Crippen LogP contribution < -0.4 is 4.74 Å². The van der Waals surface area contributed by atoms with E-state index < -0.39 is 23.4 Å². The van der Waals surface area contributed by atoms with E-state index >= 15 is 0 Å². The Morgan fingerprint density at radius 1 is 0.880 bits per heavy atom. The molecular weight excluding hydrogens is 328 g/mol. The highest BCUT2D eigenvalue weighted by molar-refractivity contribution is 5.94. The van der Waals surface area contributed by atoms with Gasteiger partial charge in [0, 0.05) is 0 Å². The standard InChI is InChI=1S/C18H18O7/c1-3-23-17(21)11-5-7-12(8-6-11)25-16-13(18(22)24-4-2)9-10-14(19)15(16)20/h5-10,19-20H,3-4H2,1-2H3. The second-order valence-corrected chi connectivity index (χ2v) is 4.88. The van der Waals surface area contributed by atoms with E-state index in [1.807, 2.05) is 0 Å². The van der Waals surface area contributed by atoms with Crippen molar-refractivity contribution < 1.29 is 34.0 Å². The lowest BCUT2D eigenvalue weighted by molar-refractivity contribution is 0.0515. The van der Waals surface area contributed by atoms with Crippen LogP contribution in [0.5, 0.6) is 23.0 Å². The molecule has 2 aromatic rings. The summed E-state index contributed by atoms with van der Waals surface area (Å²) in [6.45, 7) is 3.76. The number of phenols is 2. The summed E-state index contributed by atoms with van der Waals surface area (Å²) in [5.74, 6) is -2.18. The number of ether oxygens (including phenoxy) is 3. The number of benzene rings is 2. The molecule has 7 nitrogen and oxygen atoms in total. The second kappa shape index (κ2) is 8.05. The second-order valence-electron chi connectivity index (χ2n) is 4.88. The van der Waals surface area contributed by atoms with Crippen molar-refractivity contribution in [3.05, 3.63) is 47.5 Å². The summed E-state index contributed by atoms with van der Waals surface area (Å²) in [6, 6.07) is 8.37. The maximum atomic E-state index is 12.0. The Morgan fingerprint density at radius 3 is 2.08 bits per heavy atom. The molecule has 0 radical (unpaired) electrons. The number of phenolic OH excluding ortho intramolecular Hbond substituents is 2. The minimum Gasteiger partial charge on any atom is -0.504 e. The van der Waals surface area contributed by atoms with Crippen LogP contribution in [0.4, 0.5) is 0 Å². The predicted molar refractivity (Wildman–Crippen MR) is 88.2 cm³/mol. The van der Waals surface area contributed by atoms with Crippen molar-refractivity contribution in [2.75, 3.05) is 13.2 Å². The third kappa shape index (κ3) is 4.20. The van der Waals surface area contributed by atoms with Gasteiger partial charge in [-0.3, -0.25) is 0 Å². The Morgan fingerprint density at radius 2 is 1.48 bits per heavy atom. The van der Waals surface area contributed by atoms with Crippen molar-refractivity contribution in [2.45, 2.75) is 13.8 Å². The predicted octanol–water partition coefficient (Wildman–Crippen LogP) is 3.24. The molecule has 0 fully saturated rings. The Labute approximate surface area is 144 Å². The largest absolute Gasteiger partial charge is 0.504 e. The minimum atomic E-state index is -0.698. The van der Waals surface area contributed by atoms with Crippen LogP contribution in [0, 0.1) is 0 Å². The Bertz CT molecular complexity index is 766. The summed E-state index contributed by atoms with van der Waals surface area (Å²) in [6.07, 6.45) is 0. The first-order chi connectivity index (χ1) is 12.0. The zero-order valence-corrected chi connectivity index (χ0v) is 13.8. The van der Waals surface area contributed by atoms with Crippen LogP contribution in [0.1, 0.15) is 34.6 Å². The average molecular weight is 346 g/mol. The molecule has 0 aliphatic heterocycles. The number of hydrogen-bond acceptors (Lipinski definition) is 7. The average Bonchev–Trinajstić information content (AvgIpc) is 2.60. The van der Waals surface area contributed by atoms with Crippen LogP contribution in [0.2, 0.25) is 0 Å². The molecule has 0 heterocycles. The van der Waals surface area contributed by atoms with Crippen molar-refractivity contribution >= 4 is 11.9 Å². The molecule has 0 bridgehead atoms. The van der Waals surface area contributed by atoms with E-state index in [1.54, 1.807) is 13.8 Å². The first-order valence-corrected chi connectivity index (χ1v) is 7.65. The van der Waals surface area contributed by atoms with E-state index in [2.05, 4.69) is 0 Å². The van der Waals surface area contributed by atoms with Gasteiger partial charge in [-0.1, -0.05) is 0 Å². The van der Waals surface area contributed by atoms with Gasteiger partial charge in [-0.05, 0) is 50.2 Å². The zero-order chi connectivity index (χ0) is 18.4. The molecule has 132 valence electrons. The van der Waals surface area contributed by atoms with Gasteiger partial charge in [0.25, 0.3) is 0 Å². The van der Waals surface area contributed by atoms with Crippen molar-refractivity contribution in [1.82, 2.24) is 0 Å². The lowest BCUT2D eigenvalue weighted by atomic mass is 10.1. The van der Waals surface area contributed by atoms with Crippen LogP contribution in [0.15, 0.2) is 36.4 Å². The minimum absolute atomic E-state index is 0.0355. The summed E-state index contributed by atoms with van der Waals surface area (Å²) in [5, 5.41) is 19.7. The van der Waals surface area contributed by atoms with E-state index in [0.29, 0.717) is 5.56 Å². The summed E-state index contributed by atoms with van der Waals surface area (Å²) in [4.78, 5) is 23.6. The Hall–Kier alpha value is -3.22. The highest BCUT2D eigenvalue weighted by Crippen LogP contribution is 2.41. The smallest absolute Gasteiger partial charge is 0.342 e. The van der Waals surface area contributed by atoms with E-state index in [9.17, 15) is 19.8 Å². The number of carbonyl (C=O) groups excluding carboxylic acids is 2. The van der Waals surface area contributed by atoms with Crippen LogP contribution in [-0.4, -0.2) is 35.4 Å². The van der Waals surface area contributed by atoms with Gasteiger partial charge in [-0.15, -0.1) is 0 Å². The molecule has 0 spiro atoms. The number of esters is 2. The van der Waals surface area contributed by atoms with Gasteiger partial charge in [0.2, 0.25) is 5.75 Å². The van der Waals surface area contributed by atoms with Crippen LogP contribution in [-0.2, 0) is 9.47 Å². The molecule has 0 atom stereocenters. The van der Waals surface area contributed by atoms with Crippen molar-refractivity contribution in [3.63, 3.8) is 0 Å². The third-order valence-electron chi connectivity index (χ3n) is 3.19. The maximum absolute atomic E-state index is 12.0. The summed E-state index contributed by atoms with van der Waals surface area (Å²) >= 11 is 0. The van der Waals surface area contributed by atoms with Gasteiger partial charge in [0.1, 0.15) is 11.3 Å². The monoisotopic (exact) mass is 346 g/mol. The van der Waals surface area contributed by atoms with Crippen LogP contribution in [0.25, 0.3) is 0 Å². The molecule has 2 aromatic carbocycles. The fraction of sp³-hybridized carbons (Fsp3) is 0.222. The van der Waals surface area contributed by atoms with E-state index in [4.69, 9.17) is 14.2 Å². The number of aromatic hydroxyl groups is 2. The van der Waals surface area contributed by atoms with Crippen LogP contribution >= 0.6 is 0 Å². The molecule has 25 heavy (non-hydrogen) atoms. The number of rotatable bonds is 6. The zero-order valence-electron chi connectivity index (χ0n) is 13.8. The van der Waals surface area contributed by atoms with Gasteiger partial charge < -0.3 is 24.4 Å². The normalized spacial score (nSPS) is 10.2. The SMILES string of the molecule is CCOC(=O)c1ccc(Oc2c(C(=O)OCC)ccc(O)c2O)cc1. The quantitative estimate of drug-likeness (QED) is 0.611. The van der Waals surface area contributed by atoms with E-state index in [1.165, 1.54) is 30.3 Å². The molecule has 7 heteroatoms. The molecular formula is C18H18O7. The lowest BCUT2D eigenvalue weighted by Crippen LogP contribution is -2.07. The lowest BCUT2D eigenvalue weighted by Gasteiger charge is -2.13. The maximum Gasteiger partial charge on any atom is 0.342 e. The molecule has 0 aliphatic carbocycles. The molecule has 0 aromatic heterocycles. The fourth-order valence-electron chi connectivity index (χ4n) is 2.03. The highest BCUT2D eigenvalue weighted by atomic mass is 16.5. The number of carbonyl (C=O) groups is 2. The van der Waals surface area contributed by atoms with Gasteiger partial charge in [0.15, 0.2) is 11.5 Å². The van der Waals surface area contributed by atoms with Gasteiger partial charge in [-0.25, -0.2) is 9.59 Å². The molecule has 0 saturated heterocycles. The Kier molecular flexibility index (Phi) is 5.84. The van der Waals surface area contributed by atoms with Gasteiger partial charge in [0.05, 0.1) is 18.8 Å². The first kappa shape index (κ1) is 18.1. The highest BCUT2D eigenvalue weighted by Gasteiger charge is 2.21. The summed E-state index contributed by atoms with van der Waals surface area (Å²) in [7, 11) is 0. The van der Waals surface area contributed by atoms with Crippen molar-refractivity contribution in [1.29, 1.82) is 0 Å². The van der Waals surface area contributed by atoms with Crippen molar-refractivity contribution in [2.24, 2.45) is 0 Å². The molecule has 2 rings (SSSR count). The van der Waals surface area contributed by atoms with Crippen LogP contribution in [0.3, 0.4) is 0 Å². The molecule has 0 aliphatic rings. The van der Waals surface area contributed by atoms with E-state index in [0.717, 1.165) is 6.07 Å². The Balaban J connectivity index is 2.31. The van der Waals surface area contributed by atoms with Crippen molar-refractivity contribution in [3.8, 4) is 23.0 Å². The van der Waals surface area contributed by atoms with Gasteiger partial charge >= 0.3 is 11.9 Å². The first-order valence-electron chi connectivity index (χ1n) is 7.65. The third-order valence-corrected chi connectivity index (χ3v) is 3.19. The topological polar surface area (TPSA) is 102 Å². The fourth-order valence-corrected chi connectivity index (χ4v) is 2.03. The van der Waals surface area contributed by atoms with E-state index in [-0.39, 0.29) is 30.3 Å². The summed E-state index contributed by atoms with van der Waals surface area (Å²) < 4.78 is 15.3. The van der Waals surface area contributed by atoms with Gasteiger partial charge in [-0.2, -0.15) is 0 Å². The molecule has 0 saturated carbocycles. The molecule has 0 unspecified atom stereocenters.